The van der Waals surface area contributed by atoms with E-state index in [-0.39, 0.29) is 0 Å². The zero-order chi connectivity index (χ0) is 10.3. The molecule has 0 bridgehead atoms. The summed E-state index contributed by atoms with van der Waals surface area (Å²) in [6.45, 7) is 4.25. The number of rotatable bonds is 1. The number of aromatic nitrogens is 2. The average Bonchev–Trinajstić information content (AvgIpc) is 2.39. The van der Waals surface area contributed by atoms with Gasteiger partial charge in [0.25, 0.3) is 0 Å². The summed E-state index contributed by atoms with van der Waals surface area (Å²) in [5, 5.41) is 0.721. The molecule has 0 amide bonds. The third-order valence-corrected chi connectivity index (χ3v) is 2.92. The normalized spacial score (nSPS) is 11.5. The van der Waals surface area contributed by atoms with Gasteiger partial charge in [0.2, 0.25) is 0 Å². The minimum absolute atomic E-state index is 0.385. The first kappa shape index (κ1) is 9.99. The highest BCUT2D eigenvalue weighted by Gasteiger charge is 2.10. The first-order valence-electron chi connectivity index (χ1n) is 4.42. The fraction of sp³-hybridized carbons (Fsp3) is 0.300. The van der Waals surface area contributed by atoms with Crippen LogP contribution in [0.4, 0.5) is 0 Å². The molecule has 2 aromatic rings. The van der Waals surface area contributed by atoms with E-state index in [2.05, 4.69) is 39.3 Å². The molecule has 1 heterocycles. The van der Waals surface area contributed by atoms with E-state index < -0.39 is 0 Å². The Hall–Kier alpha value is -0.540. The van der Waals surface area contributed by atoms with Crippen LogP contribution in [-0.4, -0.2) is 9.55 Å². The maximum Gasteiger partial charge on any atom is 0.178 e. The molecule has 0 saturated carbocycles. The van der Waals surface area contributed by atoms with Crippen LogP contribution in [0.15, 0.2) is 22.9 Å². The molecule has 2 nitrogen and oxygen atoms in total. The predicted octanol–water partition coefficient (Wildman–Crippen LogP) is 4.03. The van der Waals surface area contributed by atoms with Gasteiger partial charge in [-0.15, -0.1) is 0 Å². The number of nitrogens with zero attached hydrogens (tertiary/aromatic N) is 2. The van der Waals surface area contributed by atoms with E-state index >= 15 is 0 Å². The number of fused-ring (bicyclic) bond motifs is 1. The third kappa shape index (κ3) is 1.55. The lowest BCUT2D eigenvalue weighted by Gasteiger charge is -2.09. The number of hydrogen-bond acceptors (Lipinski definition) is 1. The summed E-state index contributed by atoms with van der Waals surface area (Å²) in [5.74, 6) is 0. The van der Waals surface area contributed by atoms with Crippen molar-refractivity contribution in [2.24, 2.45) is 0 Å². The van der Waals surface area contributed by atoms with Gasteiger partial charge >= 0.3 is 0 Å². The molecule has 74 valence electrons. The average molecular weight is 274 g/mol. The Morgan fingerprint density at radius 3 is 2.79 bits per heavy atom. The SMILES string of the molecule is CC(C)n1c(Br)nc2cc(Cl)ccc21. The van der Waals surface area contributed by atoms with Gasteiger partial charge in [-0.25, -0.2) is 4.98 Å². The monoisotopic (exact) mass is 272 g/mol. The Morgan fingerprint density at radius 1 is 1.43 bits per heavy atom. The van der Waals surface area contributed by atoms with Crippen molar-refractivity contribution in [3.05, 3.63) is 28.0 Å². The van der Waals surface area contributed by atoms with E-state index in [1.54, 1.807) is 0 Å². The van der Waals surface area contributed by atoms with Gasteiger partial charge in [0.15, 0.2) is 4.73 Å². The second-order valence-corrected chi connectivity index (χ2v) is 4.62. The van der Waals surface area contributed by atoms with Gasteiger partial charge in [0, 0.05) is 11.1 Å². The van der Waals surface area contributed by atoms with E-state index in [4.69, 9.17) is 11.6 Å². The van der Waals surface area contributed by atoms with Crippen molar-refractivity contribution < 1.29 is 0 Å². The summed E-state index contributed by atoms with van der Waals surface area (Å²) in [5.41, 5.74) is 2.04. The van der Waals surface area contributed by atoms with Crippen LogP contribution in [0.5, 0.6) is 0 Å². The van der Waals surface area contributed by atoms with Crippen LogP contribution in [0, 0.1) is 0 Å². The highest BCUT2D eigenvalue weighted by atomic mass is 79.9. The fourth-order valence-corrected chi connectivity index (χ4v) is 2.49. The van der Waals surface area contributed by atoms with Gasteiger partial charge < -0.3 is 4.57 Å². The van der Waals surface area contributed by atoms with Gasteiger partial charge in [-0.1, -0.05) is 11.6 Å². The minimum Gasteiger partial charge on any atom is -0.316 e. The molecule has 0 aliphatic carbocycles. The van der Waals surface area contributed by atoms with Crippen LogP contribution in [-0.2, 0) is 0 Å². The van der Waals surface area contributed by atoms with Crippen molar-refractivity contribution in [3.8, 4) is 0 Å². The first-order valence-corrected chi connectivity index (χ1v) is 5.59. The van der Waals surface area contributed by atoms with Crippen LogP contribution < -0.4 is 0 Å². The molecule has 0 unspecified atom stereocenters. The topological polar surface area (TPSA) is 17.8 Å². The predicted molar refractivity (Wildman–Crippen MR) is 62.8 cm³/mol. The van der Waals surface area contributed by atoms with Crippen molar-refractivity contribution in [3.63, 3.8) is 0 Å². The molecular weight excluding hydrogens is 263 g/mol. The molecule has 0 radical (unpaired) electrons. The maximum absolute atomic E-state index is 5.90. The first-order chi connectivity index (χ1) is 6.59. The smallest absolute Gasteiger partial charge is 0.178 e. The summed E-state index contributed by atoms with van der Waals surface area (Å²) < 4.78 is 2.98. The molecule has 0 atom stereocenters. The van der Waals surface area contributed by atoms with Gasteiger partial charge in [0.1, 0.15) is 0 Å². The van der Waals surface area contributed by atoms with Crippen molar-refractivity contribution in [1.82, 2.24) is 9.55 Å². The third-order valence-electron chi connectivity index (χ3n) is 2.12. The molecule has 0 saturated heterocycles. The van der Waals surface area contributed by atoms with Crippen LogP contribution in [0.3, 0.4) is 0 Å². The van der Waals surface area contributed by atoms with Crippen molar-refractivity contribution in [2.75, 3.05) is 0 Å². The number of halogens is 2. The molecule has 0 fully saturated rings. The minimum atomic E-state index is 0.385. The van der Waals surface area contributed by atoms with E-state index in [1.165, 1.54) is 0 Å². The molecule has 1 aromatic carbocycles. The van der Waals surface area contributed by atoms with Crippen LogP contribution >= 0.6 is 27.5 Å². The Balaban J connectivity index is 2.77. The second kappa shape index (κ2) is 3.55. The Labute approximate surface area is 96.0 Å². The van der Waals surface area contributed by atoms with Crippen molar-refractivity contribution in [2.45, 2.75) is 19.9 Å². The van der Waals surface area contributed by atoms with E-state index in [1.807, 2.05) is 18.2 Å². The van der Waals surface area contributed by atoms with Gasteiger partial charge in [-0.05, 0) is 48.0 Å². The quantitative estimate of drug-likeness (QED) is 0.767. The second-order valence-electron chi connectivity index (χ2n) is 3.48. The summed E-state index contributed by atoms with van der Waals surface area (Å²) >= 11 is 9.34. The van der Waals surface area contributed by atoms with Crippen molar-refractivity contribution in [1.29, 1.82) is 0 Å². The lowest BCUT2D eigenvalue weighted by atomic mass is 10.3. The number of imidazole rings is 1. The Bertz CT molecular complexity index is 476. The molecule has 0 aliphatic heterocycles. The highest BCUT2D eigenvalue weighted by Crippen LogP contribution is 2.26. The molecule has 0 spiro atoms. The standard InChI is InChI=1S/C10H10BrClN2/c1-6(2)14-9-4-3-7(12)5-8(9)13-10(14)11/h3-6H,1-2H3. The largest absolute Gasteiger partial charge is 0.316 e. The Kier molecular flexibility index (Phi) is 2.54. The van der Waals surface area contributed by atoms with Gasteiger partial charge in [0.05, 0.1) is 11.0 Å². The summed E-state index contributed by atoms with van der Waals surface area (Å²) in [4.78, 5) is 4.39. The molecular formula is C10H10BrClN2. The van der Waals surface area contributed by atoms with Crippen LogP contribution in [0.25, 0.3) is 11.0 Å². The molecule has 1 aromatic heterocycles. The van der Waals surface area contributed by atoms with Crippen LogP contribution in [0.1, 0.15) is 19.9 Å². The molecule has 0 N–H and O–H groups in total. The van der Waals surface area contributed by atoms with E-state index in [9.17, 15) is 0 Å². The zero-order valence-electron chi connectivity index (χ0n) is 7.96. The van der Waals surface area contributed by atoms with E-state index in [0.717, 1.165) is 20.8 Å². The maximum atomic E-state index is 5.90. The highest BCUT2D eigenvalue weighted by molar-refractivity contribution is 9.10. The van der Waals surface area contributed by atoms with Gasteiger partial charge in [-0.3, -0.25) is 0 Å². The van der Waals surface area contributed by atoms with Crippen LogP contribution in [0.2, 0.25) is 5.02 Å². The van der Waals surface area contributed by atoms with Crippen molar-refractivity contribution >= 4 is 38.6 Å². The molecule has 0 aliphatic rings. The zero-order valence-corrected chi connectivity index (χ0v) is 10.3. The Morgan fingerprint density at radius 2 is 2.14 bits per heavy atom. The lowest BCUT2D eigenvalue weighted by Crippen LogP contribution is -2.00. The molecule has 14 heavy (non-hydrogen) atoms. The number of benzene rings is 1. The molecule has 4 heteroatoms. The lowest BCUT2D eigenvalue weighted by molar-refractivity contribution is 0.604. The van der Waals surface area contributed by atoms with E-state index in [0.29, 0.717) is 6.04 Å². The van der Waals surface area contributed by atoms with Gasteiger partial charge in [-0.2, -0.15) is 0 Å². The number of hydrogen-bond donors (Lipinski definition) is 0. The summed E-state index contributed by atoms with van der Waals surface area (Å²) in [6, 6.07) is 6.14. The molecule has 2 rings (SSSR count). The summed E-state index contributed by atoms with van der Waals surface area (Å²) in [7, 11) is 0. The fourth-order valence-electron chi connectivity index (χ4n) is 1.53. The summed E-state index contributed by atoms with van der Waals surface area (Å²) in [6.07, 6.45) is 0.